The van der Waals surface area contributed by atoms with Gasteiger partial charge in [0.05, 0.1) is 64.2 Å². The number of aliphatic hydroxyl groups is 2. The summed E-state index contributed by atoms with van der Waals surface area (Å²) in [5, 5.41) is 23.8. The average molecular weight is 881 g/mol. The van der Waals surface area contributed by atoms with Gasteiger partial charge < -0.3 is 52.8 Å². The maximum Gasteiger partial charge on any atom is 0.330 e. The number of halogens is 1. The molecule has 9 atom stereocenters. The summed E-state index contributed by atoms with van der Waals surface area (Å²) in [5.41, 5.74) is -1.35. The van der Waals surface area contributed by atoms with Crippen LogP contribution in [-0.2, 0) is 73.2 Å². The molecule has 3 heterocycles. The van der Waals surface area contributed by atoms with E-state index in [0.29, 0.717) is 6.42 Å². The van der Waals surface area contributed by atoms with Gasteiger partial charge in [-0.05, 0) is 37.0 Å². The minimum Gasteiger partial charge on any atom is -0.466 e. The van der Waals surface area contributed by atoms with Gasteiger partial charge in [-0.3, -0.25) is 19.2 Å². The van der Waals surface area contributed by atoms with Crippen molar-refractivity contribution >= 4 is 41.4 Å². The zero-order chi connectivity index (χ0) is 45.0. The number of hydrogen-bond donors (Lipinski definition) is 2. The molecule has 61 heavy (non-hydrogen) atoms. The molecule has 2 N–H and O–H groups in total. The molecule has 1 unspecified atom stereocenters. The van der Waals surface area contributed by atoms with Crippen LogP contribution in [0.4, 0.5) is 0 Å². The number of aliphatic hydroxyl groups excluding tert-OH is 1. The van der Waals surface area contributed by atoms with Crippen molar-refractivity contribution in [2.45, 2.75) is 148 Å². The number of methoxy groups -OCH3 is 1. The number of esters is 5. The van der Waals surface area contributed by atoms with E-state index in [1.54, 1.807) is 53.7 Å². The smallest absolute Gasteiger partial charge is 0.330 e. The van der Waals surface area contributed by atoms with Crippen molar-refractivity contribution in [2.75, 3.05) is 26.2 Å². The molecule has 3 aliphatic rings. The Morgan fingerprint density at radius 2 is 1.70 bits per heavy atom. The van der Waals surface area contributed by atoms with Crippen molar-refractivity contribution in [2.24, 2.45) is 10.8 Å². The number of cyclic esters (lactones) is 2. The predicted molar refractivity (Wildman–Crippen MR) is 217 cm³/mol. The number of rotatable bonds is 11. The van der Waals surface area contributed by atoms with Gasteiger partial charge in [-0.25, -0.2) is 4.79 Å². The van der Waals surface area contributed by atoms with E-state index in [9.17, 15) is 34.2 Å². The number of alkyl halides is 1. The molecule has 0 radical (unpaired) electrons. The summed E-state index contributed by atoms with van der Waals surface area (Å²) < 4.78 is 52.9. The molecule has 0 spiro atoms. The lowest BCUT2D eigenvalue weighted by Gasteiger charge is -2.51. The van der Waals surface area contributed by atoms with Gasteiger partial charge in [-0.1, -0.05) is 71.0 Å². The van der Waals surface area contributed by atoms with E-state index in [4.69, 9.17) is 54.2 Å². The quantitative estimate of drug-likeness (QED) is 0.101. The molecule has 4 bridgehead atoms. The van der Waals surface area contributed by atoms with Crippen LogP contribution in [0.2, 0.25) is 0 Å². The van der Waals surface area contributed by atoms with Crippen LogP contribution in [0.15, 0.2) is 54.1 Å². The summed E-state index contributed by atoms with van der Waals surface area (Å²) >= 11 is 5.66. The van der Waals surface area contributed by atoms with Crippen LogP contribution in [0, 0.1) is 10.8 Å². The highest BCUT2D eigenvalue weighted by Crippen LogP contribution is 2.47. The minimum atomic E-state index is -2.35. The maximum atomic E-state index is 13.6. The first-order chi connectivity index (χ1) is 28.8. The summed E-state index contributed by atoms with van der Waals surface area (Å²) in [7, 11) is 1.19. The molecule has 3 aliphatic heterocycles. The van der Waals surface area contributed by atoms with Gasteiger partial charge in [0.1, 0.15) is 18.1 Å². The first-order valence-corrected chi connectivity index (χ1v) is 21.1. The highest BCUT2D eigenvalue weighted by atomic mass is 35.5. The van der Waals surface area contributed by atoms with E-state index in [1.807, 2.05) is 30.3 Å². The maximum absolute atomic E-state index is 13.6. The highest BCUT2D eigenvalue weighted by molar-refractivity contribution is 6.26. The Morgan fingerprint density at radius 1 is 1.02 bits per heavy atom. The third-order valence-corrected chi connectivity index (χ3v) is 11.2. The van der Waals surface area contributed by atoms with Crippen LogP contribution >= 0.6 is 11.6 Å². The molecule has 0 aromatic heterocycles. The first kappa shape index (κ1) is 49.8. The third kappa shape index (κ3) is 14.3. The van der Waals surface area contributed by atoms with Crippen molar-refractivity contribution < 1.29 is 76.8 Å². The lowest BCUT2D eigenvalue weighted by Crippen LogP contribution is -2.62. The fourth-order valence-corrected chi connectivity index (χ4v) is 7.27. The molecule has 16 nitrogen and oxygen atoms in total. The summed E-state index contributed by atoms with van der Waals surface area (Å²) in [6, 6.07) is 9.30. The van der Waals surface area contributed by atoms with Gasteiger partial charge >= 0.3 is 29.8 Å². The van der Waals surface area contributed by atoms with E-state index in [0.717, 1.165) is 11.6 Å². The molecule has 0 amide bonds. The Kier molecular flexibility index (Phi) is 18.3. The van der Waals surface area contributed by atoms with Crippen molar-refractivity contribution in [1.29, 1.82) is 0 Å². The van der Waals surface area contributed by atoms with Gasteiger partial charge in [0.25, 0.3) is 0 Å². The molecule has 4 rings (SSSR count). The number of fused-ring (bicyclic) bond motifs is 4. The number of ether oxygens (including phenoxy) is 9. The van der Waals surface area contributed by atoms with E-state index in [2.05, 4.69) is 0 Å². The fourth-order valence-electron chi connectivity index (χ4n) is 7.19. The fraction of sp³-hybridized carbons (Fsp3) is 0.659. The third-order valence-electron chi connectivity index (χ3n) is 11.0. The molecule has 1 aromatic carbocycles. The summed E-state index contributed by atoms with van der Waals surface area (Å²) in [4.78, 5) is 64.7. The molecular formula is C44H61ClO16. The van der Waals surface area contributed by atoms with Crippen molar-refractivity contribution in [3.63, 3.8) is 0 Å². The average Bonchev–Trinajstić information content (AvgIpc) is 3.21. The highest BCUT2D eigenvalue weighted by Gasteiger charge is 2.58. The number of carbonyl (C=O) groups is 5. The zero-order valence-corrected chi connectivity index (χ0v) is 36.8. The van der Waals surface area contributed by atoms with E-state index >= 15 is 0 Å². The largest absolute Gasteiger partial charge is 0.466 e. The van der Waals surface area contributed by atoms with E-state index in [-0.39, 0.29) is 57.0 Å². The van der Waals surface area contributed by atoms with Crippen molar-refractivity contribution in [1.82, 2.24) is 0 Å². The minimum absolute atomic E-state index is 0.0503. The van der Waals surface area contributed by atoms with Crippen molar-refractivity contribution in [3.05, 3.63) is 59.7 Å². The molecule has 17 heteroatoms. The molecule has 1 aromatic rings. The molecule has 0 saturated carbocycles. The molecule has 0 aliphatic carbocycles. The Morgan fingerprint density at radius 3 is 2.36 bits per heavy atom. The molecule has 2 saturated heterocycles. The Labute approximate surface area is 362 Å². The second-order valence-corrected chi connectivity index (χ2v) is 17.1. The monoisotopic (exact) mass is 880 g/mol. The zero-order valence-electron chi connectivity index (χ0n) is 36.0. The summed E-state index contributed by atoms with van der Waals surface area (Å²) in [6.07, 6.45) is -4.81. The standard InChI is InChI=1S/C44H61ClO16/c1-8-35(47)60-41-29(19-36(48)53-7)18-32-22-33(27(2)55-25-28-12-10-9-11-13-28)58-37(49)20-30(46)21-38(50)59-34(42(3,4)26-56-39(51)24-45)23-31-15-17-54-40(57-31)14-16-43(5,6)44(41,52)61-32/h9-14,16,19,27,30-34,40-41,46,52H,8,15,17-18,20-26H2,1-7H3/b16-14+,29-19+/t27-,30-,31-,32?,33+,34-,40-,41-,44+/m0/s1. The number of benzene rings is 1. The van der Waals surface area contributed by atoms with Gasteiger partial charge in [0.2, 0.25) is 5.79 Å². The number of carbonyl (C=O) groups excluding carboxylic acids is 5. The number of hydrogen-bond acceptors (Lipinski definition) is 16. The molecule has 2 fully saturated rings. The van der Waals surface area contributed by atoms with Crippen LogP contribution in [0.1, 0.15) is 92.1 Å². The van der Waals surface area contributed by atoms with Crippen LogP contribution < -0.4 is 0 Å². The Bertz CT molecular complexity index is 1710. The van der Waals surface area contributed by atoms with Gasteiger partial charge in [-0.15, -0.1) is 11.6 Å². The normalized spacial score (nSPS) is 30.8. The predicted octanol–water partition coefficient (Wildman–Crippen LogP) is 4.77. The first-order valence-electron chi connectivity index (χ1n) is 20.6. The second-order valence-electron chi connectivity index (χ2n) is 16.8. The lowest BCUT2D eigenvalue weighted by molar-refractivity contribution is -0.327. The van der Waals surface area contributed by atoms with Gasteiger partial charge in [-0.2, -0.15) is 0 Å². The van der Waals surface area contributed by atoms with Gasteiger partial charge in [0, 0.05) is 36.2 Å². The SMILES string of the molecule is CCC(=O)O[C@H]1/C(=C/C(=O)OC)CC2C[C@H]([C@H](C)OCc3ccccc3)OC(=O)C[C@H](O)CC(=O)O[C@H](C(C)(C)COC(=O)CCl)C[C@@H]3CCO[C@H](/C=C/C(C)(C)[C@]1(O)O2)O3. The van der Waals surface area contributed by atoms with Crippen LogP contribution in [0.5, 0.6) is 0 Å². The second kappa shape index (κ2) is 22.5. The van der Waals surface area contributed by atoms with E-state index < -0.39 is 108 Å². The van der Waals surface area contributed by atoms with Gasteiger partial charge in [0.15, 0.2) is 12.4 Å². The van der Waals surface area contributed by atoms with Crippen molar-refractivity contribution in [3.8, 4) is 0 Å². The van der Waals surface area contributed by atoms with Crippen LogP contribution in [-0.4, -0.2) is 121 Å². The van der Waals surface area contributed by atoms with Crippen LogP contribution in [0.25, 0.3) is 0 Å². The van der Waals surface area contributed by atoms with E-state index in [1.165, 1.54) is 7.11 Å². The Hall–Kier alpha value is -3.90. The molecule has 340 valence electrons. The summed E-state index contributed by atoms with van der Waals surface area (Å²) in [5.74, 6) is -6.51. The molecular weight excluding hydrogens is 820 g/mol. The Balaban J connectivity index is 1.79. The summed E-state index contributed by atoms with van der Waals surface area (Å²) in [6.45, 7) is 10.3. The van der Waals surface area contributed by atoms with Crippen LogP contribution in [0.3, 0.4) is 0 Å². The lowest BCUT2D eigenvalue weighted by atomic mass is 9.74. The topological polar surface area (TPSA) is 209 Å².